The van der Waals surface area contributed by atoms with Crippen LogP contribution in [0.25, 0.3) is 0 Å². The molecule has 1 N–H and O–H groups in total. The van der Waals surface area contributed by atoms with Crippen LogP contribution in [0.2, 0.25) is 0 Å². The van der Waals surface area contributed by atoms with Crippen LogP contribution in [0.1, 0.15) is 50.3 Å². The summed E-state index contributed by atoms with van der Waals surface area (Å²) in [5.41, 5.74) is 1.18. The SMILES string of the molecule is Cc1nc(N2CCCC2(C)C)sc1C(C)O. The zero-order chi connectivity index (χ0) is 11.9. The quantitative estimate of drug-likeness (QED) is 0.863. The summed E-state index contributed by atoms with van der Waals surface area (Å²) in [5, 5.41) is 10.7. The van der Waals surface area contributed by atoms with E-state index in [2.05, 4.69) is 23.7 Å². The first-order valence-corrected chi connectivity index (χ1v) is 6.66. The van der Waals surface area contributed by atoms with E-state index in [1.54, 1.807) is 18.3 Å². The van der Waals surface area contributed by atoms with Gasteiger partial charge in [0.15, 0.2) is 5.13 Å². The van der Waals surface area contributed by atoms with Crippen LogP contribution in [-0.4, -0.2) is 22.2 Å². The number of aliphatic hydroxyl groups is 1. The van der Waals surface area contributed by atoms with Crippen molar-refractivity contribution < 1.29 is 5.11 Å². The summed E-state index contributed by atoms with van der Waals surface area (Å²) in [4.78, 5) is 7.96. The standard InChI is InChI=1S/C12H20N2OS/c1-8-10(9(2)15)16-11(13-8)14-7-5-6-12(14,3)4/h9,15H,5-7H2,1-4H3. The molecule has 1 fully saturated rings. The smallest absolute Gasteiger partial charge is 0.186 e. The summed E-state index contributed by atoms with van der Waals surface area (Å²) < 4.78 is 0. The molecule has 16 heavy (non-hydrogen) atoms. The third kappa shape index (κ3) is 1.96. The van der Waals surface area contributed by atoms with Crippen molar-refractivity contribution in [3.63, 3.8) is 0 Å². The second-order valence-electron chi connectivity index (χ2n) is 5.19. The molecule has 2 rings (SSSR count). The Bertz CT molecular complexity index is 384. The lowest BCUT2D eigenvalue weighted by molar-refractivity contribution is 0.202. The Hall–Kier alpha value is -0.610. The topological polar surface area (TPSA) is 36.4 Å². The van der Waals surface area contributed by atoms with Crippen molar-refractivity contribution in [3.05, 3.63) is 10.6 Å². The number of nitrogens with zero attached hydrogens (tertiary/aromatic N) is 2. The predicted octanol–water partition coefficient (Wildman–Crippen LogP) is 2.88. The fourth-order valence-corrected chi connectivity index (χ4v) is 3.55. The molecule has 1 atom stereocenters. The van der Waals surface area contributed by atoms with Crippen LogP contribution in [0.3, 0.4) is 0 Å². The van der Waals surface area contributed by atoms with Gasteiger partial charge in [0.25, 0.3) is 0 Å². The van der Waals surface area contributed by atoms with E-state index in [0.29, 0.717) is 0 Å². The number of anilines is 1. The minimum atomic E-state index is -0.406. The van der Waals surface area contributed by atoms with E-state index in [9.17, 15) is 5.11 Å². The molecule has 0 spiro atoms. The lowest BCUT2D eigenvalue weighted by Crippen LogP contribution is -2.38. The minimum Gasteiger partial charge on any atom is -0.388 e. The largest absolute Gasteiger partial charge is 0.388 e. The Balaban J connectivity index is 2.31. The van der Waals surface area contributed by atoms with E-state index in [0.717, 1.165) is 22.2 Å². The summed E-state index contributed by atoms with van der Waals surface area (Å²) in [6.45, 7) is 9.39. The van der Waals surface area contributed by atoms with Crippen LogP contribution in [0, 0.1) is 6.92 Å². The van der Waals surface area contributed by atoms with Gasteiger partial charge in [0.05, 0.1) is 16.7 Å². The van der Waals surface area contributed by atoms with Gasteiger partial charge >= 0.3 is 0 Å². The molecule has 0 saturated carbocycles. The zero-order valence-corrected chi connectivity index (χ0v) is 11.3. The second-order valence-corrected chi connectivity index (χ2v) is 6.20. The average Bonchev–Trinajstić information content (AvgIpc) is 2.68. The van der Waals surface area contributed by atoms with Crippen LogP contribution < -0.4 is 4.90 Å². The molecule has 0 aliphatic carbocycles. The number of aryl methyl sites for hydroxylation is 1. The maximum absolute atomic E-state index is 9.64. The fraction of sp³-hybridized carbons (Fsp3) is 0.750. The van der Waals surface area contributed by atoms with Gasteiger partial charge in [-0.2, -0.15) is 0 Å². The van der Waals surface area contributed by atoms with Gasteiger partial charge in [-0.1, -0.05) is 11.3 Å². The average molecular weight is 240 g/mol. The van der Waals surface area contributed by atoms with E-state index in [-0.39, 0.29) is 5.54 Å². The third-order valence-electron chi connectivity index (χ3n) is 3.33. The Morgan fingerprint density at radius 3 is 2.62 bits per heavy atom. The Morgan fingerprint density at radius 1 is 1.50 bits per heavy atom. The van der Waals surface area contributed by atoms with E-state index in [4.69, 9.17) is 0 Å². The number of rotatable bonds is 2. The summed E-state index contributed by atoms with van der Waals surface area (Å²) in [7, 11) is 0. The Labute approximate surface area is 101 Å². The number of hydrogen-bond donors (Lipinski definition) is 1. The molecule has 0 radical (unpaired) electrons. The Morgan fingerprint density at radius 2 is 2.19 bits per heavy atom. The van der Waals surface area contributed by atoms with Crippen molar-refractivity contribution in [2.24, 2.45) is 0 Å². The highest BCUT2D eigenvalue weighted by Crippen LogP contribution is 2.38. The lowest BCUT2D eigenvalue weighted by Gasteiger charge is -2.31. The van der Waals surface area contributed by atoms with Crippen molar-refractivity contribution >= 4 is 16.5 Å². The highest BCUT2D eigenvalue weighted by Gasteiger charge is 2.34. The van der Waals surface area contributed by atoms with Crippen molar-refractivity contribution in [1.82, 2.24) is 4.98 Å². The molecular weight excluding hydrogens is 220 g/mol. The zero-order valence-electron chi connectivity index (χ0n) is 10.4. The number of aliphatic hydroxyl groups excluding tert-OH is 1. The van der Waals surface area contributed by atoms with E-state index in [1.807, 2.05) is 6.92 Å². The third-order valence-corrected chi connectivity index (χ3v) is 4.68. The second kappa shape index (κ2) is 4.00. The molecule has 2 heterocycles. The number of hydrogen-bond acceptors (Lipinski definition) is 4. The molecule has 0 aromatic carbocycles. The van der Waals surface area contributed by atoms with Gasteiger partial charge in [-0.05, 0) is 40.5 Å². The van der Waals surface area contributed by atoms with Gasteiger partial charge in [-0.3, -0.25) is 0 Å². The van der Waals surface area contributed by atoms with Gasteiger partial charge in [0.2, 0.25) is 0 Å². The molecule has 3 nitrogen and oxygen atoms in total. The molecule has 1 aromatic heterocycles. The molecule has 4 heteroatoms. The first-order valence-electron chi connectivity index (χ1n) is 5.85. The Kier molecular flexibility index (Phi) is 2.97. The molecule has 1 aliphatic rings. The minimum absolute atomic E-state index is 0.209. The maximum atomic E-state index is 9.64. The van der Waals surface area contributed by atoms with Gasteiger partial charge in [0.1, 0.15) is 0 Å². The van der Waals surface area contributed by atoms with E-state index >= 15 is 0 Å². The van der Waals surface area contributed by atoms with Crippen molar-refractivity contribution in [1.29, 1.82) is 0 Å². The summed E-state index contributed by atoms with van der Waals surface area (Å²) in [5.74, 6) is 0. The molecule has 1 aliphatic heterocycles. The molecule has 1 saturated heterocycles. The maximum Gasteiger partial charge on any atom is 0.186 e. The van der Waals surface area contributed by atoms with Crippen molar-refractivity contribution in [2.75, 3.05) is 11.4 Å². The van der Waals surface area contributed by atoms with Crippen LogP contribution in [0.15, 0.2) is 0 Å². The predicted molar refractivity (Wildman–Crippen MR) is 68.1 cm³/mol. The highest BCUT2D eigenvalue weighted by atomic mass is 32.1. The lowest BCUT2D eigenvalue weighted by atomic mass is 10.0. The molecule has 1 unspecified atom stereocenters. The first-order chi connectivity index (χ1) is 7.42. The van der Waals surface area contributed by atoms with E-state index < -0.39 is 6.10 Å². The molecule has 1 aromatic rings. The monoisotopic (exact) mass is 240 g/mol. The van der Waals surface area contributed by atoms with Crippen LogP contribution in [-0.2, 0) is 0 Å². The summed E-state index contributed by atoms with van der Waals surface area (Å²) in [6.07, 6.45) is 2.04. The summed E-state index contributed by atoms with van der Waals surface area (Å²) in [6, 6.07) is 0. The van der Waals surface area contributed by atoms with Gasteiger partial charge in [-0.15, -0.1) is 0 Å². The van der Waals surface area contributed by atoms with Crippen LogP contribution >= 0.6 is 11.3 Å². The first kappa shape index (κ1) is 11.9. The van der Waals surface area contributed by atoms with Crippen LogP contribution in [0.4, 0.5) is 5.13 Å². The molecule has 0 bridgehead atoms. The normalized spacial score (nSPS) is 21.4. The van der Waals surface area contributed by atoms with Gasteiger partial charge in [0, 0.05) is 12.1 Å². The van der Waals surface area contributed by atoms with Crippen molar-refractivity contribution in [2.45, 2.75) is 52.2 Å². The number of aromatic nitrogens is 1. The fourth-order valence-electron chi connectivity index (χ4n) is 2.36. The highest BCUT2D eigenvalue weighted by molar-refractivity contribution is 7.15. The molecular formula is C12H20N2OS. The van der Waals surface area contributed by atoms with Crippen LogP contribution in [0.5, 0.6) is 0 Å². The van der Waals surface area contributed by atoms with Gasteiger partial charge in [-0.25, -0.2) is 4.98 Å². The van der Waals surface area contributed by atoms with E-state index in [1.165, 1.54) is 12.8 Å². The van der Waals surface area contributed by atoms with Gasteiger partial charge < -0.3 is 10.0 Å². The van der Waals surface area contributed by atoms with Crippen molar-refractivity contribution in [3.8, 4) is 0 Å². The number of thiazole rings is 1. The summed E-state index contributed by atoms with van der Waals surface area (Å²) >= 11 is 1.63. The molecule has 90 valence electrons. The molecule has 0 amide bonds.